The molecule has 1 saturated heterocycles. The quantitative estimate of drug-likeness (QED) is 0.191. The van der Waals surface area contributed by atoms with Gasteiger partial charge in [-0.1, -0.05) is 11.5 Å². The maximum absolute atomic E-state index is 12.0. The molecule has 1 aromatic rings. The van der Waals surface area contributed by atoms with Crippen molar-refractivity contribution in [3.8, 4) is 0 Å². The lowest BCUT2D eigenvalue weighted by molar-refractivity contribution is -0.119. The monoisotopic (exact) mass is 383 g/mol. The first-order chi connectivity index (χ1) is 13.1. The molecular formula is C16H25N5O6. The summed E-state index contributed by atoms with van der Waals surface area (Å²) in [5.74, 6) is 0. The van der Waals surface area contributed by atoms with E-state index in [1.165, 1.54) is 10.8 Å². The molecule has 0 radical (unpaired) electrons. The van der Waals surface area contributed by atoms with Crippen molar-refractivity contribution < 1.29 is 19.3 Å². The zero-order valence-corrected chi connectivity index (χ0v) is 15.2. The van der Waals surface area contributed by atoms with Crippen molar-refractivity contribution >= 4 is 0 Å². The van der Waals surface area contributed by atoms with E-state index in [4.69, 9.17) is 19.7 Å². The minimum absolute atomic E-state index is 0.0488. The molecule has 1 aliphatic rings. The third-order valence-corrected chi connectivity index (χ3v) is 4.29. The number of aliphatic hydroxyl groups excluding tert-OH is 1. The van der Waals surface area contributed by atoms with Crippen LogP contribution in [0.1, 0.15) is 37.5 Å². The lowest BCUT2D eigenvalue weighted by Crippen LogP contribution is -2.33. The van der Waals surface area contributed by atoms with Gasteiger partial charge in [-0.25, -0.2) is 4.79 Å². The number of unbranched alkanes of at least 4 members (excludes halogenated alkanes) is 2. The smallest absolute Gasteiger partial charge is 0.330 e. The van der Waals surface area contributed by atoms with Crippen LogP contribution in [0.25, 0.3) is 10.4 Å². The number of aryl methyl sites for hydroxylation is 1. The lowest BCUT2D eigenvalue weighted by Gasteiger charge is -2.16. The molecule has 2 N–H and O–H groups in total. The molecule has 1 aromatic heterocycles. The number of aromatic amines is 1. The fraction of sp³-hybridized carbons (Fsp3) is 0.750. The Morgan fingerprint density at radius 1 is 1.44 bits per heavy atom. The number of nitrogens with zero attached hydrogens (tertiary/aromatic N) is 4. The van der Waals surface area contributed by atoms with Crippen molar-refractivity contribution in [2.45, 2.75) is 51.0 Å². The van der Waals surface area contributed by atoms with E-state index < -0.39 is 29.7 Å². The first-order valence-electron chi connectivity index (χ1n) is 8.85. The SMILES string of the molecule is Cc1cn([C@H]2C[C@H](OCOCCCCCN=[N+]=[N-])[C@@H](CO)O2)c(=O)[nH]c1=O. The van der Waals surface area contributed by atoms with Gasteiger partial charge >= 0.3 is 5.69 Å². The summed E-state index contributed by atoms with van der Waals surface area (Å²) < 4.78 is 18.0. The number of nitrogens with one attached hydrogen (secondary N) is 1. The van der Waals surface area contributed by atoms with E-state index >= 15 is 0 Å². The highest BCUT2D eigenvalue weighted by molar-refractivity contribution is 5.02. The summed E-state index contributed by atoms with van der Waals surface area (Å²) in [7, 11) is 0. The molecule has 150 valence electrons. The fourth-order valence-electron chi connectivity index (χ4n) is 2.81. The molecule has 0 bridgehead atoms. The molecule has 0 saturated carbocycles. The molecule has 3 atom stereocenters. The average Bonchev–Trinajstić information content (AvgIpc) is 3.06. The Balaban J connectivity index is 1.78. The highest BCUT2D eigenvalue weighted by Crippen LogP contribution is 2.29. The van der Waals surface area contributed by atoms with Crippen LogP contribution in [0.15, 0.2) is 20.9 Å². The Morgan fingerprint density at radius 2 is 2.26 bits per heavy atom. The molecule has 0 spiro atoms. The summed E-state index contributed by atoms with van der Waals surface area (Å²) in [6, 6.07) is 0. The number of hydrogen-bond acceptors (Lipinski definition) is 7. The predicted octanol–water partition coefficient (Wildman–Crippen LogP) is 0.965. The number of aromatic nitrogens is 2. The first-order valence-corrected chi connectivity index (χ1v) is 8.85. The normalized spacial score (nSPS) is 21.9. The van der Waals surface area contributed by atoms with Crippen molar-refractivity contribution in [1.29, 1.82) is 0 Å². The highest BCUT2D eigenvalue weighted by atomic mass is 16.7. The van der Waals surface area contributed by atoms with Crippen LogP contribution in [0, 0.1) is 6.92 Å². The molecule has 0 aromatic carbocycles. The van der Waals surface area contributed by atoms with Gasteiger partial charge in [0.25, 0.3) is 5.56 Å². The van der Waals surface area contributed by atoms with Gasteiger partial charge in [0, 0.05) is 36.2 Å². The van der Waals surface area contributed by atoms with E-state index in [1.807, 2.05) is 0 Å². The maximum Gasteiger partial charge on any atom is 0.330 e. The van der Waals surface area contributed by atoms with Gasteiger partial charge < -0.3 is 19.3 Å². The van der Waals surface area contributed by atoms with Gasteiger partial charge in [-0.3, -0.25) is 14.3 Å². The largest absolute Gasteiger partial charge is 0.394 e. The van der Waals surface area contributed by atoms with Crippen molar-refractivity contribution in [2.75, 3.05) is 26.6 Å². The number of aliphatic hydroxyl groups is 1. The minimum Gasteiger partial charge on any atom is -0.394 e. The van der Waals surface area contributed by atoms with Crippen LogP contribution in [0.5, 0.6) is 0 Å². The summed E-state index contributed by atoms with van der Waals surface area (Å²) in [5.41, 5.74) is 7.57. The summed E-state index contributed by atoms with van der Waals surface area (Å²) >= 11 is 0. The molecule has 0 aliphatic carbocycles. The molecule has 11 heteroatoms. The van der Waals surface area contributed by atoms with Crippen molar-refractivity contribution in [3.05, 3.63) is 43.0 Å². The topological polar surface area (TPSA) is 152 Å². The summed E-state index contributed by atoms with van der Waals surface area (Å²) in [5, 5.41) is 12.9. The van der Waals surface area contributed by atoms with Gasteiger partial charge in [0.1, 0.15) is 19.1 Å². The number of hydrogen-bond donors (Lipinski definition) is 2. The standard InChI is InChI=1S/C16H25N5O6/c1-11-8-21(16(24)19-15(11)23)14-7-12(13(9-22)27-14)26-10-25-6-4-2-3-5-18-20-17/h8,12-14,22H,2-7,9-10H2,1H3,(H,19,23,24)/t12-,13+,14+/m0/s1. The highest BCUT2D eigenvalue weighted by Gasteiger charge is 2.37. The van der Waals surface area contributed by atoms with Gasteiger partial charge in [-0.2, -0.15) is 0 Å². The second-order valence-electron chi connectivity index (χ2n) is 6.27. The number of ether oxygens (including phenoxy) is 3. The van der Waals surface area contributed by atoms with Crippen LogP contribution in [-0.2, 0) is 14.2 Å². The fourth-order valence-corrected chi connectivity index (χ4v) is 2.81. The molecule has 1 fully saturated rings. The Bertz CT molecular complexity index is 756. The van der Waals surface area contributed by atoms with Gasteiger partial charge in [-0.05, 0) is 25.3 Å². The molecule has 27 heavy (non-hydrogen) atoms. The van der Waals surface area contributed by atoms with E-state index in [0.29, 0.717) is 25.1 Å². The van der Waals surface area contributed by atoms with Crippen molar-refractivity contribution in [2.24, 2.45) is 5.11 Å². The molecule has 1 aliphatic heterocycles. The number of rotatable bonds is 11. The van der Waals surface area contributed by atoms with Gasteiger partial charge in [-0.15, -0.1) is 0 Å². The van der Waals surface area contributed by atoms with E-state index in [1.54, 1.807) is 6.92 Å². The van der Waals surface area contributed by atoms with E-state index in [2.05, 4.69) is 15.0 Å². The summed E-state index contributed by atoms with van der Waals surface area (Å²) in [6.45, 7) is 2.39. The minimum atomic E-state index is -0.629. The predicted molar refractivity (Wildman–Crippen MR) is 95.2 cm³/mol. The Hall–Kier alpha value is -2.17. The van der Waals surface area contributed by atoms with Crippen LogP contribution in [0.3, 0.4) is 0 Å². The van der Waals surface area contributed by atoms with Crippen LogP contribution in [0.2, 0.25) is 0 Å². The zero-order valence-electron chi connectivity index (χ0n) is 15.2. The average molecular weight is 383 g/mol. The van der Waals surface area contributed by atoms with Crippen LogP contribution >= 0.6 is 0 Å². The van der Waals surface area contributed by atoms with Gasteiger partial charge in [0.2, 0.25) is 0 Å². The molecule has 2 heterocycles. The van der Waals surface area contributed by atoms with Crippen molar-refractivity contribution in [1.82, 2.24) is 9.55 Å². The molecule has 0 unspecified atom stereocenters. The first kappa shape index (κ1) is 21.1. The maximum atomic E-state index is 12.0. The molecule has 11 nitrogen and oxygen atoms in total. The van der Waals surface area contributed by atoms with Gasteiger partial charge in [0.15, 0.2) is 0 Å². The third-order valence-electron chi connectivity index (χ3n) is 4.29. The van der Waals surface area contributed by atoms with E-state index in [0.717, 1.165) is 19.3 Å². The van der Waals surface area contributed by atoms with Crippen LogP contribution in [-0.4, -0.2) is 53.4 Å². The van der Waals surface area contributed by atoms with E-state index in [-0.39, 0.29) is 13.4 Å². The Kier molecular flexibility index (Phi) is 8.49. The van der Waals surface area contributed by atoms with Crippen LogP contribution in [0.4, 0.5) is 0 Å². The van der Waals surface area contributed by atoms with Gasteiger partial charge in [0.05, 0.1) is 12.7 Å². The third kappa shape index (κ3) is 6.19. The number of azide groups is 1. The van der Waals surface area contributed by atoms with E-state index in [9.17, 15) is 14.7 Å². The second-order valence-corrected chi connectivity index (χ2v) is 6.27. The molecule has 2 rings (SSSR count). The summed E-state index contributed by atoms with van der Waals surface area (Å²) in [4.78, 5) is 28.4. The summed E-state index contributed by atoms with van der Waals surface area (Å²) in [6.07, 6.45) is 2.68. The lowest BCUT2D eigenvalue weighted by atomic mass is 10.2. The second kappa shape index (κ2) is 10.9. The Labute approximate surface area is 155 Å². The molecular weight excluding hydrogens is 358 g/mol. The Morgan fingerprint density at radius 3 is 3.00 bits per heavy atom. The zero-order chi connectivity index (χ0) is 19.6. The van der Waals surface area contributed by atoms with Crippen LogP contribution < -0.4 is 11.2 Å². The molecule has 0 amide bonds. The van der Waals surface area contributed by atoms with Crippen molar-refractivity contribution in [3.63, 3.8) is 0 Å². The number of H-pyrrole nitrogens is 1.